The first kappa shape index (κ1) is 101. The van der Waals surface area contributed by atoms with Crippen molar-refractivity contribution in [2.24, 2.45) is 16.5 Å². The van der Waals surface area contributed by atoms with Gasteiger partial charge < -0.3 is 43.4 Å². The molecule has 1 saturated heterocycles. The molecule has 0 atom stereocenters. The van der Waals surface area contributed by atoms with Gasteiger partial charge in [-0.05, 0) is 196 Å². The van der Waals surface area contributed by atoms with Gasteiger partial charge in [-0.3, -0.25) is 43.7 Å². The SMILES string of the molecule is CC(=O)Cc1cc(-c2cnc(Cl)c(S(=O)(=O)NC(C)(C)C)c2C)ccn1.CC(=O)Nc1cc(-c2cnc(C#N)c(CS(=O)(=O)c3ccc(F)cc3F)c2)ccn1.CC(=O)Nc1cc(-c2cnc(C)c(CS(=O)(=O)CC(F)F)c2)ccn1.CC(=O)Nc1cc(-c2cnc(N)c(C(=O)N=C(N)N)c2)ccn1.O=C(c1cncc(-c2ccnc(Nc3ccnc(C4CC4)n3)c2)c1)N1CC(F)(F)C1. The van der Waals surface area contributed by atoms with Gasteiger partial charge in [0.1, 0.15) is 90.6 Å². The Balaban J connectivity index is 0.000000174. The van der Waals surface area contributed by atoms with Crippen molar-refractivity contribution in [1.29, 1.82) is 5.26 Å². The number of carbonyl (C=O) groups excluding carboxylic acids is 6. The van der Waals surface area contributed by atoms with Crippen molar-refractivity contribution in [2.75, 3.05) is 45.8 Å². The van der Waals surface area contributed by atoms with Gasteiger partial charge in [-0.15, -0.1) is 0 Å². The van der Waals surface area contributed by atoms with Gasteiger partial charge in [0.25, 0.3) is 24.2 Å². The summed E-state index contributed by atoms with van der Waals surface area (Å²) in [6.45, 7) is 13.0. The average Bonchev–Trinajstić information content (AvgIpc) is 0.891. The number of anilines is 6. The van der Waals surface area contributed by atoms with Gasteiger partial charge >= 0.3 is 0 Å². The van der Waals surface area contributed by atoms with Gasteiger partial charge in [-0.25, -0.2) is 101 Å². The Bertz CT molecular complexity index is 6930. The molecule has 5 amide bonds. The zero-order chi connectivity index (χ0) is 97.9. The number of sulfone groups is 2. The second-order valence-corrected chi connectivity index (χ2v) is 37.3. The van der Waals surface area contributed by atoms with Gasteiger partial charge in [0.15, 0.2) is 25.6 Å². The van der Waals surface area contributed by atoms with E-state index in [9.17, 15) is 85.6 Å². The maximum absolute atomic E-state index is 14.0. The smallest absolute Gasteiger partial charge is 0.283 e. The highest BCUT2D eigenvalue weighted by Gasteiger charge is 2.46. The lowest BCUT2D eigenvalue weighted by Crippen LogP contribution is -2.58. The monoisotopic (exact) mass is 1910 g/mol. The molecule has 11 aromatic heterocycles. The Hall–Kier alpha value is -14.9. The summed E-state index contributed by atoms with van der Waals surface area (Å²) < 4.78 is 155. The van der Waals surface area contributed by atoms with Crippen molar-refractivity contribution >= 4 is 117 Å². The molecule has 0 radical (unpaired) electrons. The van der Waals surface area contributed by atoms with E-state index in [0.29, 0.717) is 102 Å². The van der Waals surface area contributed by atoms with E-state index in [1.807, 2.05) is 12.1 Å². The highest BCUT2D eigenvalue weighted by Crippen LogP contribution is 2.39. The molecular weight excluding hydrogens is 1830 g/mol. The molecule has 35 nitrogen and oxygen atoms in total. The molecule has 11 N–H and O–H groups in total. The van der Waals surface area contributed by atoms with Crippen LogP contribution in [-0.4, -0.2) is 168 Å². The first-order valence-corrected chi connectivity index (χ1v) is 45.4. The van der Waals surface area contributed by atoms with Crippen LogP contribution in [0.2, 0.25) is 5.15 Å². The zero-order valence-corrected chi connectivity index (χ0v) is 76.0. The molecule has 2 fully saturated rings. The summed E-state index contributed by atoms with van der Waals surface area (Å²) in [5, 5.41) is 20.0. The summed E-state index contributed by atoms with van der Waals surface area (Å²) in [6, 6.07) is 28.9. The van der Waals surface area contributed by atoms with E-state index < -0.39 is 106 Å². The number of likely N-dealkylation sites (tertiary alicyclic amines) is 1. The van der Waals surface area contributed by atoms with E-state index in [0.717, 1.165) is 46.8 Å². The second-order valence-electron chi connectivity index (χ2n) is 31.2. The van der Waals surface area contributed by atoms with Gasteiger partial charge in [0, 0.05) is 164 Å². The normalized spacial score (nSPS) is 12.6. The number of nitrogens with zero attached hydrogens (tertiary/aromatic N) is 15. The van der Waals surface area contributed by atoms with Crippen molar-refractivity contribution in [3.8, 4) is 61.7 Å². The first-order chi connectivity index (χ1) is 63.1. The van der Waals surface area contributed by atoms with Gasteiger partial charge in [-0.2, -0.15) is 10.3 Å². The quantitative estimate of drug-likeness (QED) is 0.00915. The van der Waals surface area contributed by atoms with E-state index in [1.54, 1.807) is 138 Å². The summed E-state index contributed by atoms with van der Waals surface area (Å²) in [4.78, 5) is 123. The number of hydrogen-bond donors (Lipinski definition) is 8. The first-order valence-electron chi connectivity index (χ1n) is 40.0. The number of amides is 5. The molecule has 696 valence electrons. The Morgan fingerprint density at radius 3 is 1.65 bits per heavy atom. The lowest BCUT2D eigenvalue weighted by atomic mass is 10.0. The minimum atomic E-state index is -4.22. The Morgan fingerprint density at radius 1 is 0.597 bits per heavy atom. The van der Waals surface area contributed by atoms with Crippen LogP contribution in [0, 0.1) is 36.8 Å². The molecule has 45 heteroatoms. The van der Waals surface area contributed by atoms with Crippen LogP contribution in [0.15, 0.2) is 198 Å². The number of guanidine groups is 1. The number of aromatic nitrogens is 12. The molecule has 1 aliphatic carbocycles. The topological polar surface area (TPSA) is 537 Å². The molecule has 2 aliphatic rings. The average molecular weight is 1920 g/mol. The van der Waals surface area contributed by atoms with Crippen LogP contribution >= 0.6 is 11.6 Å². The fraction of sp³-hybridized carbons (Fsp3) is 0.236. The molecule has 0 unspecified atom stereocenters. The number of benzene rings is 1. The molecule has 0 spiro atoms. The van der Waals surface area contributed by atoms with Crippen LogP contribution < -0.4 is 43.2 Å². The fourth-order valence-corrected chi connectivity index (χ4v) is 17.6. The third-order valence-corrected chi connectivity index (χ3v) is 24.3. The largest absolute Gasteiger partial charge is 0.383 e. The summed E-state index contributed by atoms with van der Waals surface area (Å²) in [7, 11) is -12.0. The number of aryl methyl sites for hydroxylation is 1. The number of nitrogens with two attached hydrogens (primary N) is 3. The van der Waals surface area contributed by atoms with E-state index in [4.69, 9.17) is 28.8 Å². The maximum Gasteiger partial charge on any atom is 0.283 e. The molecule has 1 saturated carbocycles. The number of pyridine rings is 10. The summed E-state index contributed by atoms with van der Waals surface area (Å²) >= 11 is 6.12. The van der Waals surface area contributed by atoms with Crippen LogP contribution in [0.3, 0.4) is 0 Å². The van der Waals surface area contributed by atoms with Crippen molar-refractivity contribution in [2.45, 2.75) is 127 Å². The van der Waals surface area contributed by atoms with Gasteiger partial charge in [0.05, 0.1) is 35.7 Å². The molecule has 1 aliphatic heterocycles. The second kappa shape index (κ2) is 43.9. The number of rotatable bonds is 24. The van der Waals surface area contributed by atoms with Crippen molar-refractivity contribution < 1.29 is 80.4 Å². The number of ketones is 1. The number of halogens is 7. The zero-order valence-electron chi connectivity index (χ0n) is 72.8. The minimum Gasteiger partial charge on any atom is -0.383 e. The van der Waals surface area contributed by atoms with Crippen molar-refractivity contribution in [1.82, 2.24) is 69.4 Å². The number of alkyl halides is 4. The van der Waals surface area contributed by atoms with Crippen LogP contribution in [-0.2, 0) is 66.8 Å². The van der Waals surface area contributed by atoms with Crippen LogP contribution in [0.4, 0.5) is 61.2 Å². The van der Waals surface area contributed by atoms with E-state index >= 15 is 0 Å². The fourth-order valence-electron chi connectivity index (χ4n) is 12.8. The highest BCUT2D eigenvalue weighted by atomic mass is 35.5. The summed E-state index contributed by atoms with van der Waals surface area (Å²) in [5.74, 6) is -6.08. The molecule has 134 heavy (non-hydrogen) atoms. The summed E-state index contributed by atoms with van der Waals surface area (Å²) in [5.41, 5.74) is 24.0. The number of nitrogen functional groups attached to an aromatic ring is 1. The maximum atomic E-state index is 14.0. The number of Topliss-reactive ketones (excluding diaryl/α,β-unsaturated/α-hetero) is 1. The van der Waals surface area contributed by atoms with Gasteiger partial charge in [0.2, 0.25) is 27.7 Å². The lowest BCUT2D eigenvalue weighted by molar-refractivity contribution is -0.116. The van der Waals surface area contributed by atoms with Crippen LogP contribution in [0.1, 0.15) is 128 Å². The van der Waals surface area contributed by atoms with Gasteiger partial charge in [-0.1, -0.05) is 11.6 Å². The van der Waals surface area contributed by atoms with Crippen LogP contribution in [0.25, 0.3) is 55.6 Å². The molecule has 12 aromatic rings. The summed E-state index contributed by atoms with van der Waals surface area (Å²) in [6.07, 6.45) is 17.9. The number of hydrogen-bond acceptors (Lipinski definition) is 27. The third-order valence-electron chi connectivity index (χ3n) is 18.8. The molecule has 1 aromatic carbocycles. The lowest BCUT2D eigenvalue weighted by Gasteiger charge is -2.38. The number of sulfonamides is 1. The Kier molecular flexibility index (Phi) is 33.1. The minimum absolute atomic E-state index is 0.00162. The van der Waals surface area contributed by atoms with Crippen molar-refractivity contribution in [3.63, 3.8) is 0 Å². The number of nitriles is 1. The molecular formula is C89H86ClF6N23O12S3. The molecule has 14 rings (SSSR count). The highest BCUT2D eigenvalue weighted by molar-refractivity contribution is 7.91. The van der Waals surface area contributed by atoms with Crippen molar-refractivity contribution in [3.05, 3.63) is 251 Å². The standard InChI is InChI=1S/C21H18F2N6O.C20H14F2N4O3S.C18H22ClN3O3S.C16H17F2N3O3S.C14H15N7O2/c22-21(23)11-29(12-21)20(30)16-7-15(9-24-10-16)14-3-5-25-18(8-14)27-17-4-6-26-19(28-17)13-1-2-13;1-12(27)26-20-7-13(4-5-24-20)14-6-15(18(9-23)25-10-14)11-30(28,29)19-3-2-16(21)8-17(19)22;1-11(23)8-14-9-13(6-7-20-14)15-10-21-17(19)16(12(15)2)26(24,25)22-18(3,4)5;1-10-14(8-25(23,24)9-15(17)18)5-13(7-20-10)12-3-4-19-16(6-12)21-11(2)22;1-7(22)20-11-5-8(2-3-18-11)9-4-10(12(15)19-6-9)13(23)21-14(16)17/h3-10,13H,1-2,11-12H2,(H,25,26,27,28);2-8,10H,11H2,1H3,(H,24,26,27);6-7,9-10,22H,8H2,1-5H3;3-7,15H,8-9H2,1-2H3,(H,19,21,22);2-6H,1H3,(H2,15,19)(H,18,20,22)(H4,16,17,21,23). The number of carbonyl (C=O) groups is 6. The van der Waals surface area contributed by atoms with E-state index in [1.165, 1.54) is 83.2 Å². The Labute approximate surface area is 769 Å². The molecule has 0 bridgehead atoms. The van der Waals surface area contributed by atoms with Crippen LogP contribution in [0.5, 0.6) is 0 Å². The predicted molar refractivity (Wildman–Crippen MR) is 487 cm³/mol. The number of nitrogens with one attached hydrogen (secondary N) is 5. The molecule has 12 heterocycles. The van der Waals surface area contributed by atoms with E-state index in [-0.39, 0.29) is 80.0 Å². The Morgan fingerprint density at radius 2 is 1.12 bits per heavy atom. The van der Waals surface area contributed by atoms with E-state index in [2.05, 4.69) is 90.8 Å². The number of aliphatic imine (C=N–C) groups is 1. The third kappa shape index (κ3) is 29.3. The predicted octanol–water partition coefficient (Wildman–Crippen LogP) is 12.9.